The minimum Gasteiger partial charge on any atom is -0.306 e. The van der Waals surface area contributed by atoms with Crippen molar-refractivity contribution < 1.29 is 0 Å². The van der Waals surface area contributed by atoms with E-state index in [2.05, 4.69) is 43.2 Å². The van der Waals surface area contributed by atoms with E-state index < -0.39 is 0 Å². The number of likely N-dealkylation sites (tertiary alicyclic amines) is 1. The van der Waals surface area contributed by atoms with Gasteiger partial charge in [-0.1, -0.05) is 31.2 Å². The number of nitrogens with zero attached hydrogens (tertiary/aromatic N) is 1. The first-order valence-electron chi connectivity index (χ1n) is 4.75. The Morgan fingerprint density at radius 3 is 3.08 bits per heavy atom. The van der Waals surface area contributed by atoms with E-state index in [1.807, 2.05) is 0 Å². The highest BCUT2D eigenvalue weighted by atomic mass is 15.1. The summed E-state index contributed by atoms with van der Waals surface area (Å²) in [6, 6.07) is 0. The molecule has 0 aromatic carbocycles. The Labute approximate surface area is 74.8 Å². The molecule has 0 N–H and O–H groups in total. The van der Waals surface area contributed by atoms with Crippen LogP contribution in [0.25, 0.3) is 0 Å². The normalized spacial score (nSPS) is 41.3. The lowest BCUT2D eigenvalue weighted by molar-refractivity contribution is 0.128. The summed E-state index contributed by atoms with van der Waals surface area (Å²) >= 11 is 0. The van der Waals surface area contributed by atoms with Gasteiger partial charge in [-0.15, -0.1) is 0 Å². The van der Waals surface area contributed by atoms with Gasteiger partial charge in [0.05, 0.1) is 0 Å². The molecule has 0 radical (unpaired) electrons. The first kappa shape index (κ1) is 8.06. The van der Waals surface area contributed by atoms with Crippen LogP contribution < -0.4 is 0 Å². The number of hydrogen-bond donors (Lipinski definition) is 0. The second kappa shape index (κ2) is 2.74. The molecule has 2 rings (SSSR count). The second-order valence-electron chi connectivity index (χ2n) is 4.37. The molecule has 0 bridgehead atoms. The first-order valence-corrected chi connectivity index (χ1v) is 4.75. The van der Waals surface area contributed by atoms with Crippen LogP contribution in [-0.4, -0.2) is 25.0 Å². The molecule has 1 aliphatic carbocycles. The molecule has 0 aromatic heterocycles. The molecule has 1 heteroatoms. The van der Waals surface area contributed by atoms with Crippen LogP contribution in [0.3, 0.4) is 0 Å². The van der Waals surface area contributed by atoms with Gasteiger partial charge in [-0.05, 0) is 31.3 Å². The van der Waals surface area contributed by atoms with Crippen LogP contribution in [0.1, 0.15) is 13.3 Å². The maximum Gasteiger partial charge on any atom is 0.00497 e. The van der Waals surface area contributed by atoms with Crippen LogP contribution >= 0.6 is 0 Å². The van der Waals surface area contributed by atoms with Crippen molar-refractivity contribution in [1.82, 2.24) is 4.90 Å². The minimum atomic E-state index is 0.446. The molecular formula is C11H17N. The fraction of sp³-hybridized carbons (Fsp3) is 0.636. The smallest absolute Gasteiger partial charge is 0.00497 e. The third kappa shape index (κ3) is 1.22. The Kier molecular flexibility index (Phi) is 1.84. The predicted molar refractivity (Wildman–Crippen MR) is 52.0 cm³/mol. The monoisotopic (exact) mass is 163 g/mol. The highest BCUT2D eigenvalue weighted by Gasteiger charge is 2.35. The zero-order valence-corrected chi connectivity index (χ0v) is 7.96. The molecule has 0 spiro atoms. The van der Waals surface area contributed by atoms with Crippen LogP contribution in [-0.2, 0) is 0 Å². The number of rotatable bonds is 0. The molecule has 2 unspecified atom stereocenters. The Balaban J connectivity index is 2.19. The van der Waals surface area contributed by atoms with Gasteiger partial charge >= 0.3 is 0 Å². The quantitative estimate of drug-likeness (QED) is 0.528. The average Bonchev–Trinajstić information content (AvgIpc) is 2.06. The molecule has 1 saturated heterocycles. The van der Waals surface area contributed by atoms with Gasteiger partial charge in [0, 0.05) is 6.54 Å². The zero-order chi connectivity index (χ0) is 8.60. The molecule has 0 saturated carbocycles. The summed E-state index contributed by atoms with van der Waals surface area (Å²) in [6.07, 6.45) is 10.4. The molecule has 0 amide bonds. The van der Waals surface area contributed by atoms with Crippen LogP contribution in [0.2, 0.25) is 0 Å². The molecule has 12 heavy (non-hydrogen) atoms. The van der Waals surface area contributed by atoms with Crippen molar-refractivity contribution in [1.29, 1.82) is 0 Å². The van der Waals surface area contributed by atoms with Crippen molar-refractivity contribution in [3.8, 4) is 0 Å². The van der Waals surface area contributed by atoms with Crippen LogP contribution in [0, 0.1) is 11.3 Å². The van der Waals surface area contributed by atoms with Crippen molar-refractivity contribution in [3.63, 3.8) is 0 Å². The Morgan fingerprint density at radius 2 is 2.25 bits per heavy atom. The van der Waals surface area contributed by atoms with Gasteiger partial charge < -0.3 is 4.90 Å². The maximum absolute atomic E-state index is 2.43. The molecule has 1 nitrogen and oxygen atoms in total. The van der Waals surface area contributed by atoms with Crippen molar-refractivity contribution in [2.45, 2.75) is 13.3 Å². The van der Waals surface area contributed by atoms with Gasteiger partial charge in [0.15, 0.2) is 0 Å². The van der Waals surface area contributed by atoms with E-state index >= 15 is 0 Å². The van der Waals surface area contributed by atoms with E-state index in [-0.39, 0.29) is 0 Å². The SMILES string of the molecule is CN1CCC2(C)C=CC=CC2C1. The summed E-state index contributed by atoms with van der Waals surface area (Å²) in [7, 11) is 2.21. The highest BCUT2D eigenvalue weighted by molar-refractivity contribution is 5.20. The lowest BCUT2D eigenvalue weighted by Crippen LogP contribution is -2.43. The summed E-state index contributed by atoms with van der Waals surface area (Å²) in [5.41, 5.74) is 0.446. The molecule has 2 atom stereocenters. The maximum atomic E-state index is 2.43. The molecule has 1 fully saturated rings. The molecule has 1 aliphatic heterocycles. The van der Waals surface area contributed by atoms with E-state index in [0.717, 1.165) is 5.92 Å². The van der Waals surface area contributed by atoms with E-state index in [9.17, 15) is 0 Å². The Morgan fingerprint density at radius 1 is 1.42 bits per heavy atom. The van der Waals surface area contributed by atoms with Gasteiger partial charge in [-0.25, -0.2) is 0 Å². The van der Waals surface area contributed by atoms with Gasteiger partial charge in [-0.2, -0.15) is 0 Å². The molecule has 1 heterocycles. The summed E-state index contributed by atoms with van der Waals surface area (Å²) < 4.78 is 0. The fourth-order valence-electron chi connectivity index (χ4n) is 2.21. The predicted octanol–water partition coefficient (Wildman–Crippen LogP) is 2.07. The second-order valence-corrected chi connectivity index (χ2v) is 4.37. The molecule has 66 valence electrons. The van der Waals surface area contributed by atoms with Crippen LogP contribution in [0.4, 0.5) is 0 Å². The zero-order valence-electron chi connectivity index (χ0n) is 7.96. The number of hydrogen-bond acceptors (Lipinski definition) is 1. The number of fused-ring (bicyclic) bond motifs is 1. The molecule has 0 aromatic rings. The van der Waals surface area contributed by atoms with Gasteiger partial charge in [0.1, 0.15) is 0 Å². The van der Waals surface area contributed by atoms with E-state index in [4.69, 9.17) is 0 Å². The lowest BCUT2D eigenvalue weighted by atomic mass is 9.70. The van der Waals surface area contributed by atoms with E-state index in [0.29, 0.717) is 5.41 Å². The minimum absolute atomic E-state index is 0.446. The van der Waals surface area contributed by atoms with E-state index in [1.54, 1.807) is 0 Å². The lowest BCUT2D eigenvalue weighted by Gasteiger charge is -2.43. The average molecular weight is 163 g/mol. The Hall–Kier alpha value is -0.560. The van der Waals surface area contributed by atoms with Gasteiger partial charge in [-0.3, -0.25) is 0 Å². The summed E-state index contributed by atoms with van der Waals surface area (Å²) in [5.74, 6) is 0.737. The van der Waals surface area contributed by atoms with Crippen molar-refractivity contribution in [2.75, 3.05) is 20.1 Å². The molecular weight excluding hydrogens is 146 g/mol. The highest BCUT2D eigenvalue weighted by Crippen LogP contribution is 2.39. The number of allylic oxidation sites excluding steroid dienone is 3. The topological polar surface area (TPSA) is 3.24 Å². The first-order chi connectivity index (χ1) is 5.71. The number of piperidine rings is 1. The van der Waals surface area contributed by atoms with E-state index in [1.165, 1.54) is 19.5 Å². The third-order valence-electron chi connectivity index (χ3n) is 3.32. The third-order valence-corrected chi connectivity index (χ3v) is 3.32. The molecule has 2 aliphatic rings. The van der Waals surface area contributed by atoms with Crippen molar-refractivity contribution in [3.05, 3.63) is 24.3 Å². The standard InChI is InChI=1S/C11H17N/c1-11-6-4-3-5-10(11)9-12(2)8-7-11/h3-6,10H,7-9H2,1-2H3. The Bertz CT molecular complexity index is 229. The van der Waals surface area contributed by atoms with Crippen LogP contribution in [0.15, 0.2) is 24.3 Å². The largest absolute Gasteiger partial charge is 0.306 e. The van der Waals surface area contributed by atoms with Gasteiger partial charge in [0.25, 0.3) is 0 Å². The van der Waals surface area contributed by atoms with Gasteiger partial charge in [0.2, 0.25) is 0 Å². The van der Waals surface area contributed by atoms with Crippen molar-refractivity contribution >= 4 is 0 Å². The summed E-state index contributed by atoms with van der Waals surface area (Å²) in [5, 5.41) is 0. The summed E-state index contributed by atoms with van der Waals surface area (Å²) in [6.45, 7) is 4.84. The summed E-state index contributed by atoms with van der Waals surface area (Å²) in [4.78, 5) is 2.43. The van der Waals surface area contributed by atoms with Crippen molar-refractivity contribution in [2.24, 2.45) is 11.3 Å². The fourth-order valence-corrected chi connectivity index (χ4v) is 2.21. The van der Waals surface area contributed by atoms with Crippen LogP contribution in [0.5, 0.6) is 0 Å².